The topological polar surface area (TPSA) is 28.2 Å². The smallest absolute Gasteiger partial charge is 0.185 e. The molecule has 1 unspecified atom stereocenters. The lowest BCUT2D eigenvalue weighted by Gasteiger charge is -2.15. The Morgan fingerprint density at radius 1 is 1.40 bits per heavy atom. The Morgan fingerprint density at radius 2 is 2.20 bits per heavy atom. The van der Waals surface area contributed by atoms with E-state index in [9.17, 15) is 0 Å². The van der Waals surface area contributed by atoms with Crippen molar-refractivity contribution in [2.45, 2.75) is 32.9 Å². The van der Waals surface area contributed by atoms with Gasteiger partial charge in [-0.3, -0.25) is 0 Å². The number of hydrogen-bond donors (Lipinski definition) is 1. The molecule has 0 bridgehead atoms. The zero-order valence-corrected chi connectivity index (χ0v) is 15.2. The molecule has 0 radical (unpaired) electrons. The summed E-state index contributed by atoms with van der Waals surface area (Å²) in [4.78, 5) is 6.94. The minimum atomic E-state index is 0.323. The summed E-state index contributed by atoms with van der Waals surface area (Å²) < 4.78 is 1.18. The van der Waals surface area contributed by atoms with E-state index in [2.05, 4.69) is 63.9 Å². The summed E-state index contributed by atoms with van der Waals surface area (Å²) in [5.41, 5.74) is 2.45. The number of aromatic nitrogens is 1. The number of halogens is 1. The van der Waals surface area contributed by atoms with Crippen molar-refractivity contribution >= 4 is 43.7 Å². The van der Waals surface area contributed by atoms with Crippen molar-refractivity contribution in [3.05, 3.63) is 31.9 Å². The van der Waals surface area contributed by atoms with Crippen LogP contribution >= 0.6 is 38.6 Å². The molecule has 0 amide bonds. The Kier molecular flexibility index (Phi) is 6.01. The molecular weight excluding hydrogens is 354 g/mol. The maximum absolute atomic E-state index is 4.74. The predicted octanol–water partition coefficient (Wildman–Crippen LogP) is 4.66. The van der Waals surface area contributed by atoms with Crippen molar-refractivity contribution in [2.75, 3.05) is 18.5 Å². The molecule has 0 spiro atoms. The lowest BCUT2D eigenvalue weighted by Crippen LogP contribution is -2.20. The largest absolute Gasteiger partial charge is 0.347 e. The maximum Gasteiger partial charge on any atom is 0.185 e. The number of anilines is 1. The molecule has 20 heavy (non-hydrogen) atoms. The first-order valence-corrected chi connectivity index (χ1v) is 9.28. The second-order valence-electron chi connectivity index (χ2n) is 4.85. The van der Waals surface area contributed by atoms with Gasteiger partial charge in [-0.2, -0.15) is 0 Å². The van der Waals surface area contributed by atoms with E-state index < -0.39 is 0 Å². The van der Waals surface area contributed by atoms with Crippen LogP contribution in [0.1, 0.15) is 37.6 Å². The Bertz CT molecular complexity index is 538. The van der Waals surface area contributed by atoms with Gasteiger partial charge in [-0.25, -0.2) is 4.98 Å². The number of nitrogens with zero attached hydrogens (tertiary/aromatic N) is 2. The molecule has 0 aliphatic carbocycles. The summed E-state index contributed by atoms with van der Waals surface area (Å²) in [7, 11) is 2.10. The van der Waals surface area contributed by atoms with Crippen LogP contribution in [0.4, 0.5) is 5.13 Å². The molecule has 2 aromatic rings. The molecule has 0 fully saturated rings. The molecular formula is C14H20BrN3S2. The highest BCUT2D eigenvalue weighted by Crippen LogP contribution is 2.26. The van der Waals surface area contributed by atoms with Gasteiger partial charge in [0.15, 0.2) is 5.13 Å². The molecule has 3 nitrogen and oxygen atoms in total. The molecule has 2 aromatic heterocycles. The van der Waals surface area contributed by atoms with Gasteiger partial charge >= 0.3 is 0 Å². The van der Waals surface area contributed by atoms with E-state index in [0.717, 1.165) is 30.3 Å². The van der Waals surface area contributed by atoms with Crippen LogP contribution in [0.25, 0.3) is 0 Å². The first-order valence-electron chi connectivity index (χ1n) is 6.73. The molecule has 2 heterocycles. The second-order valence-corrected chi connectivity index (χ2v) is 7.97. The fourth-order valence-electron chi connectivity index (χ4n) is 1.89. The Morgan fingerprint density at radius 3 is 2.85 bits per heavy atom. The number of hydrogen-bond acceptors (Lipinski definition) is 5. The third-order valence-corrected chi connectivity index (χ3v) is 5.55. The monoisotopic (exact) mass is 373 g/mol. The van der Waals surface area contributed by atoms with E-state index >= 15 is 0 Å². The van der Waals surface area contributed by atoms with E-state index in [1.807, 2.05) is 0 Å². The molecule has 0 aromatic carbocycles. The van der Waals surface area contributed by atoms with Gasteiger partial charge < -0.3 is 10.2 Å². The van der Waals surface area contributed by atoms with Crippen LogP contribution in [0.5, 0.6) is 0 Å². The van der Waals surface area contributed by atoms with Crippen molar-refractivity contribution < 1.29 is 0 Å². The van der Waals surface area contributed by atoms with Gasteiger partial charge in [0.2, 0.25) is 0 Å². The zero-order chi connectivity index (χ0) is 14.5. The minimum Gasteiger partial charge on any atom is -0.347 e. The molecule has 2 rings (SSSR count). The second kappa shape index (κ2) is 7.54. The van der Waals surface area contributed by atoms with Gasteiger partial charge in [0, 0.05) is 25.0 Å². The normalized spacial score (nSPS) is 12.6. The lowest BCUT2D eigenvalue weighted by atomic mass is 10.2. The summed E-state index contributed by atoms with van der Waals surface area (Å²) in [5.74, 6) is 0. The van der Waals surface area contributed by atoms with Crippen molar-refractivity contribution in [2.24, 2.45) is 0 Å². The highest BCUT2D eigenvalue weighted by Gasteiger charge is 2.12. The van der Waals surface area contributed by atoms with Crippen LogP contribution in [0.15, 0.2) is 20.6 Å². The van der Waals surface area contributed by atoms with Crippen LogP contribution in [0, 0.1) is 0 Å². The molecule has 110 valence electrons. The molecule has 0 saturated heterocycles. The van der Waals surface area contributed by atoms with Crippen molar-refractivity contribution in [1.82, 2.24) is 10.3 Å². The van der Waals surface area contributed by atoms with Crippen LogP contribution in [-0.4, -0.2) is 18.6 Å². The van der Waals surface area contributed by atoms with Crippen molar-refractivity contribution in [3.8, 4) is 0 Å². The van der Waals surface area contributed by atoms with E-state index in [1.165, 1.54) is 9.35 Å². The summed E-state index contributed by atoms with van der Waals surface area (Å²) in [5, 5.41) is 8.89. The van der Waals surface area contributed by atoms with Crippen molar-refractivity contribution in [3.63, 3.8) is 0 Å². The third-order valence-electron chi connectivity index (χ3n) is 3.02. The van der Waals surface area contributed by atoms with Gasteiger partial charge in [-0.1, -0.05) is 6.92 Å². The van der Waals surface area contributed by atoms with Crippen LogP contribution < -0.4 is 10.2 Å². The third kappa shape index (κ3) is 4.28. The van der Waals surface area contributed by atoms with Gasteiger partial charge in [-0.15, -0.1) is 22.7 Å². The average molecular weight is 374 g/mol. The predicted molar refractivity (Wildman–Crippen MR) is 92.9 cm³/mol. The van der Waals surface area contributed by atoms with Gasteiger partial charge in [-0.05, 0) is 52.8 Å². The quantitative estimate of drug-likeness (QED) is 0.764. The SMILES string of the molecule is CCCNC(C)c1csc(N(C)Cc2csc(Br)c2)n1. The highest BCUT2D eigenvalue weighted by molar-refractivity contribution is 9.11. The van der Waals surface area contributed by atoms with Crippen LogP contribution in [0.3, 0.4) is 0 Å². The van der Waals surface area contributed by atoms with E-state index in [-0.39, 0.29) is 0 Å². The van der Waals surface area contributed by atoms with Crippen LogP contribution in [0.2, 0.25) is 0 Å². The van der Waals surface area contributed by atoms with E-state index in [1.54, 1.807) is 22.7 Å². The van der Waals surface area contributed by atoms with Crippen LogP contribution in [-0.2, 0) is 6.54 Å². The fourth-order valence-corrected chi connectivity index (χ4v) is 3.97. The van der Waals surface area contributed by atoms with Gasteiger partial charge in [0.1, 0.15) is 0 Å². The molecule has 1 N–H and O–H groups in total. The maximum atomic E-state index is 4.74. The first kappa shape index (κ1) is 15.9. The van der Waals surface area contributed by atoms with E-state index in [4.69, 9.17) is 4.98 Å². The summed E-state index contributed by atoms with van der Waals surface area (Å²) in [6.07, 6.45) is 1.15. The highest BCUT2D eigenvalue weighted by atomic mass is 79.9. The number of rotatable bonds is 7. The molecule has 0 saturated carbocycles. The standard InChI is InChI=1S/C14H20BrN3S2/c1-4-5-16-10(2)12-9-20-14(17-12)18(3)7-11-6-13(15)19-8-11/h6,8-10,16H,4-5,7H2,1-3H3. The van der Waals surface area contributed by atoms with Crippen molar-refractivity contribution in [1.29, 1.82) is 0 Å². The zero-order valence-electron chi connectivity index (χ0n) is 12.0. The number of thiazole rings is 1. The summed E-state index contributed by atoms with van der Waals surface area (Å²) >= 11 is 6.94. The summed E-state index contributed by atoms with van der Waals surface area (Å²) in [6.45, 7) is 6.28. The van der Waals surface area contributed by atoms with E-state index in [0.29, 0.717) is 6.04 Å². The Balaban J connectivity index is 1.97. The number of nitrogens with one attached hydrogen (secondary N) is 1. The van der Waals surface area contributed by atoms with Gasteiger partial charge in [0.05, 0.1) is 9.48 Å². The molecule has 0 aliphatic rings. The molecule has 6 heteroatoms. The Labute approximate surface area is 137 Å². The Hall–Kier alpha value is -0.430. The molecule has 0 aliphatic heterocycles. The van der Waals surface area contributed by atoms with Gasteiger partial charge in [0.25, 0.3) is 0 Å². The number of thiophene rings is 1. The first-order chi connectivity index (χ1) is 9.60. The minimum absolute atomic E-state index is 0.323. The summed E-state index contributed by atoms with van der Waals surface area (Å²) in [6, 6.07) is 2.49. The lowest BCUT2D eigenvalue weighted by molar-refractivity contribution is 0.561. The molecule has 1 atom stereocenters. The fraction of sp³-hybridized carbons (Fsp3) is 0.500. The average Bonchev–Trinajstić information content (AvgIpc) is 3.05.